The summed E-state index contributed by atoms with van der Waals surface area (Å²) in [5.74, 6) is -1.63. The van der Waals surface area contributed by atoms with E-state index in [1.54, 1.807) is 13.0 Å². The number of thiazole rings is 1. The number of anilines is 2. The van der Waals surface area contributed by atoms with Crippen molar-refractivity contribution in [1.29, 1.82) is 0 Å². The van der Waals surface area contributed by atoms with Crippen molar-refractivity contribution in [3.05, 3.63) is 39.6 Å². The standard InChI is InChI=1S/C11H8ClFN2O2S/c1-5-9(10(16)17)15-11(18-5)14-6-2-3-7(12)8(13)4-6/h2-4H,1H3,(H,14,15)(H,16,17). The minimum atomic E-state index is -1.08. The van der Waals surface area contributed by atoms with E-state index in [4.69, 9.17) is 16.7 Å². The van der Waals surface area contributed by atoms with Gasteiger partial charge < -0.3 is 10.4 Å². The molecule has 0 saturated carbocycles. The van der Waals surface area contributed by atoms with Crippen LogP contribution in [-0.4, -0.2) is 16.1 Å². The minimum Gasteiger partial charge on any atom is -0.476 e. The summed E-state index contributed by atoms with van der Waals surface area (Å²) in [4.78, 5) is 15.3. The second kappa shape index (κ2) is 4.91. The maximum absolute atomic E-state index is 13.2. The highest BCUT2D eigenvalue weighted by molar-refractivity contribution is 7.15. The predicted octanol–water partition coefficient (Wildman–Crippen LogP) is 3.69. The summed E-state index contributed by atoms with van der Waals surface area (Å²) in [6.07, 6.45) is 0. The van der Waals surface area contributed by atoms with Gasteiger partial charge in [0.05, 0.1) is 5.02 Å². The van der Waals surface area contributed by atoms with Crippen LogP contribution in [0.2, 0.25) is 5.02 Å². The minimum absolute atomic E-state index is 0.00284. The van der Waals surface area contributed by atoms with E-state index in [1.807, 2.05) is 0 Å². The summed E-state index contributed by atoms with van der Waals surface area (Å²) in [6.45, 7) is 1.66. The van der Waals surface area contributed by atoms with E-state index in [0.717, 1.165) is 0 Å². The van der Waals surface area contributed by atoms with Gasteiger partial charge in [0.1, 0.15) is 5.82 Å². The van der Waals surface area contributed by atoms with Gasteiger partial charge in [-0.2, -0.15) is 0 Å². The zero-order valence-electron chi connectivity index (χ0n) is 9.20. The lowest BCUT2D eigenvalue weighted by Gasteiger charge is -2.02. The van der Waals surface area contributed by atoms with E-state index in [2.05, 4.69) is 10.3 Å². The molecular formula is C11H8ClFN2O2S. The molecule has 0 bridgehead atoms. The first-order valence-corrected chi connectivity index (χ1v) is 6.09. The van der Waals surface area contributed by atoms with Crippen LogP contribution < -0.4 is 5.32 Å². The second-order valence-electron chi connectivity index (χ2n) is 3.48. The predicted molar refractivity (Wildman–Crippen MR) is 68.5 cm³/mol. The fourth-order valence-electron chi connectivity index (χ4n) is 1.35. The number of hydrogen-bond donors (Lipinski definition) is 2. The molecule has 94 valence electrons. The topological polar surface area (TPSA) is 62.2 Å². The highest BCUT2D eigenvalue weighted by Crippen LogP contribution is 2.27. The Morgan fingerprint density at radius 2 is 2.28 bits per heavy atom. The Kier molecular flexibility index (Phi) is 3.49. The number of aromatic carboxylic acids is 1. The average molecular weight is 287 g/mol. The van der Waals surface area contributed by atoms with Gasteiger partial charge in [-0.25, -0.2) is 14.2 Å². The molecule has 0 aliphatic carbocycles. The summed E-state index contributed by atoms with van der Waals surface area (Å²) in [5, 5.41) is 12.1. The first-order chi connectivity index (χ1) is 8.47. The van der Waals surface area contributed by atoms with Gasteiger partial charge >= 0.3 is 5.97 Å². The molecule has 2 N–H and O–H groups in total. The van der Waals surface area contributed by atoms with Crippen molar-refractivity contribution in [3.8, 4) is 0 Å². The molecule has 0 aliphatic rings. The molecule has 2 rings (SSSR count). The maximum atomic E-state index is 13.2. The van der Waals surface area contributed by atoms with Crippen molar-refractivity contribution < 1.29 is 14.3 Å². The van der Waals surface area contributed by atoms with Crippen LogP contribution in [0.3, 0.4) is 0 Å². The normalized spacial score (nSPS) is 10.4. The number of aryl methyl sites for hydroxylation is 1. The quantitative estimate of drug-likeness (QED) is 0.903. The van der Waals surface area contributed by atoms with E-state index in [0.29, 0.717) is 15.7 Å². The lowest BCUT2D eigenvalue weighted by atomic mass is 10.3. The van der Waals surface area contributed by atoms with Crippen molar-refractivity contribution >= 4 is 39.7 Å². The van der Waals surface area contributed by atoms with E-state index >= 15 is 0 Å². The average Bonchev–Trinajstić information content (AvgIpc) is 2.65. The Morgan fingerprint density at radius 1 is 1.56 bits per heavy atom. The second-order valence-corrected chi connectivity index (χ2v) is 5.09. The SMILES string of the molecule is Cc1sc(Nc2ccc(Cl)c(F)c2)nc1C(=O)O. The highest BCUT2D eigenvalue weighted by Gasteiger charge is 2.14. The molecule has 0 spiro atoms. The smallest absolute Gasteiger partial charge is 0.355 e. The maximum Gasteiger partial charge on any atom is 0.355 e. The Bertz CT molecular complexity index is 615. The molecule has 0 amide bonds. The van der Waals surface area contributed by atoms with E-state index in [-0.39, 0.29) is 10.7 Å². The molecule has 4 nitrogen and oxygen atoms in total. The number of nitrogens with one attached hydrogen (secondary N) is 1. The summed E-state index contributed by atoms with van der Waals surface area (Å²) in [6, 6.07) is 4.22. The van der Waals surface area contributed by atoms with Crippen LogP contribution in [0.25, 0.3) is 0 Å². The largest absolute Gasteiger partial charge is 0.476 e. The Morgan fingerprint density at radius 3 is 2.83 bits per heavy atom. The third-order valence-electron chi connectivity index (χ3n) is 2.17. The zero-order chi connectivity index (χ0) is 13.3. The summed E-state index contributed by atoms with van der Waals surface area (Å²) < 4.78 is 13.2. The lowest BCUT2D eigenvalue weighted by Crippen LogP contribution is -1.99. The number of carbonyl (C=O) groups is 1. The molecule has 0 saturated heterocycles. The number of halogens is 2. The van der Waals surface area contributed by atoms with Crippen LogP contribution in [0.5, 0.6) is 0 Å². The summed E-state index contributed by atoms with van der Waals surface area (Å²) in [5.41, 5.74) is 0.458. The van der Waals surface area contributed by atoms with E-state index in [1.165, 1.54) is 23.5 Å². The monoisotopic (exact) mass is 286 g/mol. The molecule has 1 heterocycles. The van der Waals surface area contributed by atoms with Crippen LogP contribution in [0.4, 0.5) is 15.2 Å². The molecule has 7 heteroatoms. The summed E-state index contributed by atoms with van der Waals surface area (Å²) >= 11 is 6.75. The third-order valence-corrected chi connectivity index (χ3v) is 3.36. The summed E-state index contributed by atoms with van der Waals surface area (Å²) in [7, 11) is 0. The van der Waals surface area contributed by atoms with Crippen LogP contribution in [0, 0.1) is 12.7 Å². The Hall–Kier alpha value is -1.66. The molecule has 0 aliphatic heterocycles. The fraction of sp³-hybridized carbons (Fsp3) is 0.0909. The van der Waals surface area contributed by atoms with Crippen molar-refractivity contribution in [2.45, 2.75) is 6.92 Å². The number of carboxylic acids is 1. The Labute approximate surface area is 111 Å². The molecule has 0 atom stereocenters. The third kappa shape index (κ3) is 2.60. The van der Waals surface area contributed by atoms with Crippen molar-refractivity contribution in [2.24, 2.45) is 0 Å². The van der Waals surface area contributed by atoms with Gasteiger partial charge in [-0.15, -0.1) is 11.3 Å². The van der Waals surface area contributed by atoms with Crippen LogP contribution in [-0.2, 0) is 0 Å². The molecule has 0 radical (unpaired) electrons. The van der Waals surface area contributed by atoms with Crippen LogP contribution in [0.1, 0.15) is 15.4 Å². The van der Waals surface area contributed by atoms with Gasteiger partial charge in [0, 0.05) is 10.6 Å². The molecule has 18 heavy (non-hydrogen) atoms. The van der Waals surface area contributed by atoms with Crippen LogP contribution >= 0.6 is 22.9 Å². The highest BCUT2D eigenvalue weighted by atomic mass is 35.5. The zero-order valence-corrected chi connectivity index (χ0v) is 10.8. The van der Waals surface area contributed by atoms with Gasteiger partial charge in [0.2, 0.25) is 0 Å². The van der Waals surface area contributed by atoms with Gasteiger partial charge in [0.25, 0.3) is 0 Å². The number of carboxylic acid groups (broad SMARTS) is 1. The van der Waals surface area contributed by atoms with E-state index < -0.39 is 11.8 Å². The number of hydrogen-bond acceptors (Lipinski definition) is 4. The van der Waals surface area contributed by atoms with Crippen molar-refractivity contribution in [1.82, 2.24) is 4.98 Å². The number of benzene rings is 1. The molecule has 0 fully saturated rings. The molecule has 1 aromatic heterocycles. The number of aromatic nitrogens is 1. The molecule has 0 unspecified atom stereocenters. The fourth-order valence-corrected chi connectivity index (χ4v) is 2.29. The number of rotatable bonds is 3. The first kappa shape index (κ1) is 12.8. The molecule has 2 aromatic rings. The van der Waals surface area contributed by atoms with Gasteiger partial charge in [-0.05, 0) is 25.1 Å². The van der Waals surface area contributed by atoms with Gasteiger partial charge in [0.15, 0.2) is 10.8 Å². The first-order valence-electron chi connectivity index (χ1n) is 4.90. The van der Waals surface area contributed by atoms with Crippen molar-refractivity contribution in [2.75, 3.05) is 5.32 Å². The number of nitrogens with zero attached hydrogens (tertiary/aromatic N) is 1. The van der Waals surface area contributed by atoms with Gasteiger partial charge in [-0.3, -0.25) is 0 Å². The van der Waals surface area contributed by atoms with E-state index in [9.17, 15) is 9.18 Å². The molecule has 1 aromatic carbocycles. The van der Waals surface area contributed by atoms with Gasteiger partial charge in [-0.1, -0.05) is 11.6 Å². The molecular weight excluding hydrogens is 279 g/mol. The Balaban J connectivity index is 2.26. The van der Waals surface area contributed by atoms with Crippen molar-refractivity contribution in [3.63, 3.8) is 0 Å². The lowest BCUT2D eigenvalue weighted by molar-refractivity contribution is 0.0690. The van der Waals surface area contributed by atoms with Crippen LogP contribution in [0.15, 0.2) is 18.2 Å².